The maximum absolute atomic E-state index is 13.0. The second kappa shape index (κ2) is 8.05. The van der Waals surface area contributed by atoms with Crippen molar-refractivity contribution in [3.05, 3.63) is 59.7 Å². The van der Waals surface area contributed by atoms with E-state index in [4.69, 9.17) is 14.2 Å². The summed E-state index contributed by atoms with van der Waals surface area (Å²) in [5.74, 6) is 0.998. The molecule has 154 valence electrons. The van der Waals surface area contributed by atoms with Gasteiger partial charge in [0.15, 0.2) is 11.5 Å². The first-order valence-corrected chi connectivity index (χ1v) is 9.93. The zero-order valence-electron chi connectivity index (χ0n) is 17.3. The van der Waals surface area contributed by atoms with Crippen LogP contribution < -0.4 is 9.47 Å². The van der Waals surface area contributed by atoms with Crippen LogP contribution in [0.3, 0.4) is 0 Å². The van der Waals surface area contributed by atoms with Crippen LogP contribution in [0.25, 0.3) is 0 Å². The molecule has 2 aliphatic rings. The number of benzene rings is 2. The molecule has 0 aliphatic carbocycles. The lowest BCUT2D eigenvalue weighted by molar-refractivity contribution is -0.0951. The number of para-hydroxylation sites is 1. The van der Waals surface area contributed by atoms with Crippen LogP contribution in [0, 0.1) is 0 Å². The summed E-state index contributed by atoms with van der Waals surface area (Å²) in [4.78, 5) is 17.2. The van der Waals surface area contributed by atoms with Crippen LogP contribution in [0.15, 0.2) is 48.5 Å². The van der Waals surface area contributed by atoms with E-state index < -0.39 is 0 Å². The van der Waals surface area contributed by atoms with Gasteiger partial charge in [0.1, 0.15) is 5.60 Å². The molecule has 0 saturated carbocycles. The normalized spacial score (nSPS) is 20.0. The van der Waals surface area contributed by atoms with Gasteiger partial charge >= 0.3 is 0 Å². The Kier molecular flexibility index (Phi) is 5.48. The Morgan fingerprint density at radius 3 is 2.59 bits per heavy atom. The Morgan fingerprint density at radius 2 is 1.90 bits per heavy atom. The van der Waals surface area contributed by atoms with E-state index in [1.165, 1.54) is 5.56 Å². The lowest BCUT2D eigenvalue weighted by Crippen LogP contribution is -2.63. The number of ether oxygens (including phenoxy) is 3. The summed E-state index contributed by atoms with van der Waals surface area (Å²) in [6, 6.07) is 16.2. The van der Waals surface area contributed by atoms with Crippen molar-refractivity contribution in [1.29, 1.82) is 0 Å². The molecule has 6 nitrogen and oxygen atoms in total. The van der Waals surface area contributed by atoms with E-state index in [1.54, 1.807) is 26.4 Å². The summed E-state index contributed by atoms with van der Waals surface area (Å²) >= 11 is 0. The van der Waals surface area contributed by atoms with Gasteiger partial charge in [0.25, 0.3) is 5.91 Å². The molecule has 2 aromatic carbocycles. The average molecular weight is 396 g/mol. The topological polar surface area (TPSA) is 51.2 Å². The quantitative estimate of drug-likeness (QED) is 0.752. The van der Waals surface area contributed by atoms with Gasteiger partial charge in [-0.05, 0) is 31.2 Å². The molecule has 1 spiro atoms. The number of likely N-dealkylation sites (tertiary alicyclic amines) is 1. The van der Waals surface area contributed by atoms with Gasteiger partial charge in [-0.1, -0.05) is 36.4 Å². The highest BCUT2D eigenvalue weighted by atomic mass is 16.5. The van der Waals surface area contributed by atoms with E-state index in [2.05, 4.69) is 36.2 Å². The largest absolute Gasteiger partial charge is 0.493 e. The Labute approximate surface area is 172 Å². The number of carbonyl (C=O) groups excluding carboxylic acids is 1. The van der Waals surface area contributed by atoms with Gasteiger partial charge in [0, 0.05) is 12.6 Å². The average Bonchev–Trinajstić information content (AvgIpc) is 3.18. The molecule has 0 bridgehead atoms. The molecule has 2 aromatic rings. The van der Waals surface area contributed by atoms with Crippen LogP contribution in [0.1, 0.15) is 22.3 Å². The second-order valence-electron chi connectivity index (χ2n) is 7.95. The zero-order valence-corrected chi connectivity index (χ0v) is 17.3. The van der Waals surface area contributed by atoms with Gasteiger partial charge < -0.3 is 19.1 Å². The van der Waals surface area contributed by atoms with Crippen molar-refractivity contribution in [2.24, 2.45) is 0 Å². The Hall–Kier alpha value is -2.57. The molecular weight excluding hydrogens is 368 g/mol. The number of nitrogens with zero attached hydrogens (tertiary/aromatic N) is 2. The molecule has 2 fully saturated rings. The summed E-state index contributed by atoms with van der Waals surface area (Å²) in [5, 5.41) is 0. The molecule has 1 amide bonds. The summed E-state index contributed by atoms with van der Waals surface area (Å²) in [6.07, 6.45) is 0.940. The third-order valence-corrected chi connectivity index (χ3v) is 5.97. The minimum atomic E-state index is -0.225. The van der Waals surface area contributed by atoms with E-state index >= 15 is 0 Å². The maximum atomic E-state index is 13.0. The minimum absolute atomic E-state index is 0.0453. The summed E-state index contributed by atoms with van der Waals surface area (Å²) < 4.78 is 16.9. The van der Waals surface area contributed by atoms with Gasteiger partial charge in [0.2, 0.25) is 0 Å². The molecule has 1 unspecified atom stereocenters. The number of rotatable bonds is 6. The molecule has 2 heterocycles. The first-order chi connectivity index (χ1) is 14.0. The standard InChI is InChI=1S/C23H28N2O4/c1-24(13-17-8-5-4-6-9-17)18-12-23(29-14-18)15-25(16-23)22(26)19-10-7-11-20(27-2)21(19)28-3/h4-11,18H,12-16H2,1-3H3. The van der Waals surface area contributed by atoms with Crippen LogP contribution in [-0.4, -0.2) is 68.3 Å². The van der Waals surface area contributed by atoms with Crippen LogP contribution in [0.4, 0.5) is 0 Å². The van der Waals surface area contributed by atoms with Gasteiger partial charge in [-0.25, -0.2) is 0 Å². The molecule has 0 aromatic heterocycles. The summed E-state index contributed by atoms with van der Waals surface area (Å²) in [6.45, 7) is 2.83. The molecule has 29 heavy (non-hydrogen) atoms. The molecule has 2 saturated heterocycles. The SMILES string of the molecule is COc1cccc(C(=O)N2CC3(CC(N(C)Cc4ccccc4)CO3)C2)c1OC. The lowest BCUT2D eigenvalue weighted by Gasteiger charge is -2.47. The second-order valence-corrected chi connectivity index (χ2v) is 7.95. The third-order valence-electron chi connectivity index (χ3n) is 5.97. The number of hydrogen-bond donors (Lipinski definition) is 0. The molecule has 0 N–H and O–H groups in total. The third kappa shape index (κ3) is 3.82. The Bertz CT molecular complexity index is 864. The Balaban J connectivity index is 1.37. The van der Waals surface area contributed by atoms with Crippen molar-refractivity contribution in [3.63, 3.8) is 0 Å². The van der Waals surface area contributed by atoms with Crippen molar-refractivity contribution in [2.75, 3.05) is 41.0 Å². The molecule has 1 atom stereocenters. The van der Waals surface area contributed by atoms with E-state index in [-0.39, 0.29) is 11.5 Å². The van der Waals surface area contributed by atoms with Gasteiger partial charge in [-0.3, -0.25) is 9.69 Å². The fraction of sp³-hybridized carbons (Fsp3) is 0.435. The number of amides is 1. The maximum Gasteiger partial charge on any atom is 0.257 e. The summed E-state index contributed by atoms with van der Waals surface area (Å²) in [5.41, 5.74) is 1.60. The van der Waals surface area contributed by atoms with Crippen LogP contribution in [0.5, 0.6) is 11.5 Å². The van der Waals surface area contributed by atoms with Gasteiger partial charge in [-0.2, -0.15) is 0 Å². The van der Waals surface area contributed by atoms with E-state index in [9.17, 15) is 4.79 Å². The highest BCUT2D eigenvalue weighted by Crippen LogP contribution is 2.39. The predicted octanol–water partition coefficient (Wildman–Crippen LogP) is 2.82. The number of likely N-dealkylation sites (N-methyl/N-ethyl adjacent to an activating group) is 1. The van der Waals surface area contributed by atoms with Gasteiger partial charge in [0.05, 0.1) is 39.5 Å². The zero-order chi connectivity index (χ0) is 20.4. The first kappa shape index (κ1) is 19.7. The van der Waals surface area contributed by atoms with E-state index in [0.29, 0.717) is 42.8 Å². The van der Waals surface area contributed by atoms with E-state index in [0.717, 1.165) is 13.0 Å². The van der Waals surface area contributed by atoms with Crippen molar-refractivity contribution in [2.45, 2.75) is 24.6 Å². The van der Waals surface area contributed by atoms with Crippen LogP contribution >= 0.6 is 0 Å². The van der Waals surface area contributed by atoms with Gasteiger partial charge in [-0.15, -0.1) is 0 Å². The Morgan fingerprint density at radius 1 is 1.14 bits per heavy atom. The molecule has 6 heteroatoms. The van der Waals surface area contributed by atoms with Crippen molar-refractivity contribution in [1.82, 2.24) is 9.80 Å². The summed E-state index contributed by atoms with van der Waals surface area (Å²) in [7, 11) is 5.27. The molecule has 4 rings (SSSR count). The highest BCUT2D eigenvalue weighted by molar-refractivity contribution is 5.98. The number of carbonyl (C=O) groups is 1. The number of hydrogen-bond acceptors (Lipinski definition) is 5. The van der Waals surface area contributed by atoms with Crippen LogP contribution in [-0.2, 0) is 11.3 Å². The lowest BCUT2D eigenvalue weighted by atomic mass is 9.88. The van der Waals surface area contributed by atoms with Crippen LogP contribution in [0.2, 0.25) is 0 Å². The van der Waals surface area contributed by atoms with E-state index in [1.807, 2.05) is 17.0 Å². The molecular formula is C23H28N2O4. The smallest absolute Gasteiger partial charge is 0.257 e. The fourth-order valence-electron chi connectivity index (χ4n) is 4.34. The monoisotopic (exact) mass is 396 g/mol. The van der Waals surface area contributed by atoms with Crippen molar-refractivity contribution in [3.8, 4) is 11.5 Å². The predicted molar refractivity (Wildman–Crippen MR) is 110 cm³/mol. The fourth-order valence-corrected chi connectivity index (χ4v) is 4.34. The van der Waals surface area contributed by atoms with Crippen molar-refractivity contribution < 1.29 is 19.0 Å². The minimum Gasteiger partial charge on any atom is -0.493 e. The molecule has 2 aliphatic heterocycles. The number of methoxy groups -OCH3 is 2. The first-order valence-electron chi connectivity index (χ1n) is 9.93. The van der Waals surface area contributed by atoms with Crippen molar-refractivity contribution >= 4 is 5.91 Å². The molecule has 0 radical (unpaired) electrons. The highest BCUT2D eigenvalue weighted by Gasteiger charge is 2.52.